The molecule has 0 radical (unpaired) electrons. The normalized spacial score (nSPS) is 21.7. The van der Waals surface area contributed by atoms with Gasteiger partial charge in [0.2, 0.25) is 6.79 Å². The SMILES string of the molecule is COc1ccccc1NS(=O)(=O)c1ccc2c(c1)[C@H]1C=CC[C@H]1[C@@H](c1cc3c(cc1Br)OCO3)N2. The number of para-hydroxylation sites is 2. The predicted molar refractivity (Wildman–Crippen MR) is 137 cm³/mol. The average molecular weight is 555 g/mol. The van der Waals surface area contributed by atoms with Crippen molar-refractivity contribution in [2.45, 2.75) is 23.3 Å². The lowest BCUT2D eigenvalue weighted by atomic mass is 9.77. The molecule has 0 amide bonds. The van der Waals surface area contributed by atoms with Gasteiger partial charge in [-0.1, -0.05) is 40.2 Å². The Hall–Kier alpha value is -3.17. The summed E-state index contributed by atoms with van der Waals surface area (Å²) in [4.78, 5) is 0.214. The molecule has 180 valence electrons. The van der Waals surface area contributed by atoms with Crippen LogP contribution in [0.15, 0.2) is 76.1 Å². The fourth-order valence-corrected chi connectivity index (χ4v) is 6.83. The van der Waals surface area contributed by atoms with Gasteiger partial charge in [-0.25, -0.2) is 8.42 Å². The van der Waals surface area contributed by atoms with Crippen molar-refractivity contribution in [2.75, 3.05) is 23.9 Å². The van der Waals surface area contributed by atoms with Gasteiger partial charge in [0.15, 0.2) is 11.5 Å². The van der Waals surface area contributed by atoms with Crippen LogP contribution in [0.5, 0.6) is 17.2 Å². The third-order valence-corrected chi connectivity index (χ3v) is 8.87. The molecule has 3 atom stereocenters. The number of hydrogen-bond acceptors (Lipinski definition) is 6. The molecule has 6 rings (SSSR count). The van der Waals surface area contributed by atoms with E-state index in [1.54, 1.807) is 36.4 Å². The molecular formula is C26H23BrN2O5S. The molecule has 3 aliphatic rings. The molecule has 2 heterocycles. The average Bonchev–Trinajstić information content (AvgIpc) is 3.52. The summed E-state index contributed by atoms with van der Waals surface area (Å²) in [6, 6.07) is 16.2. The summed E-state index contributed by atoms with van der Waals surface area (Å²) < 4.78 is 46.5. The minimum atomic E-state index is -3.81. The first-order valence-electron chi connectivity index (χ1n) is 11.3. The van der Waals surface area contributed by atoms with Gasteiger partial charge in [0.1, 0.15) is 5.75 Å². The summed E-state index contributed by atoms with van der Waals surface area (Å²) in [6.07, 6.45) is 5.25. The molecule has 0 unspecified atom stereocenters. The van der Waals surface area contributed by atoms with Crippen molar-refractivity contribution < 1.29 is 22.6 Å². The van der Waals surface area contributed by atoms with Gasteiger partial charge >= 0.3 is 0 Å². The summed E-state index contributed by atoms with van der Waals surface area (Å²) in [5.41, 5.74) is 3.38. The second-order valence-corrected chi connectivity index (χ2v) is 11.3. The Morgan fingerprint density at radius 1 is 1.06 bits per heavy atom. The van der Waals surface area contributed by atoms with Crippen molar-refractivity contribution in [3.05, 3.63) is 82.3 Å². The number of ether oxygens (including phenoxy) is 3. The summed E-state index contributed by atoms with van der Waals surface area (Å²) in [6.45, 7) is 0.222. The van der Waals surface area contributed by atoms with Gasteiger partial charge in [-0.2, -0.15) is 0 Å². The molecule has 3 aromatic rings. The molecule has 7 nitrogen and oxygen atoms in total. The molecule has 0 bridgehead atoms. The molecule has 0 aromatic heterocycles. The van der Waals surface area contributed by atoms with Crippen LogP contribution in [0.1, 0.15) is 29.5 Å². The minimum absolute atomic E-state index is 0.0283. The van der Waals surface area contributed by atoms with E-state index in [1.165, 1.54) is 7.11 Å². The molecular weight excluding hydrogens is 532 g/mol. The fraction of sp³-hybridized carbons (Fsp3) is 0.231. The fourth-order valence-electron chi connectivity index (χ4n) is 5.15. The van der Waals surface area contributed by atoms with Gasteiger partial charge in [-0.05, 0) is 65.9 Å². The maximum atomic E-state index is 13.2. The summed E-state index contributed by atoms with van der Waals surface area (Å²) >= 11 is 3.71. The Morgan fingerprint density at radius 2 is 1.86 bits per heavy atom. The number of methoxy groups -OCH3 is 1. The van der Waals surface area contributed by atoms with Crippen LogP contribution in [0.3, 0.4) is 0 Å². The first-order chi connectivity index (χ1) is 16.9. The zero-order chi connectivity index (χ0) is 24.2. The van der Waals surface area contributed by atoms with E-state index in [2.05, 4.69) is 38.1 Å². The number of anilines is 2. The van der Waals surface area contributed by atoms with E-state index in [0.29, 0.717) is 11.4 Å². The predicted octanol–water partition coefficient (Wildman–Crippen LogP) is 5.81. The molecule has 1 aliphatic carbocycles. The minimum Gasteiger partial charge on any atom is -0.495 e. The number of halogens is 1. The smallest absolute Gasteiger partial charge is 0.262 e. The molecule has 0 saturated carbocycles. The van der Waals surface area contributed by atoms with E-state index in [9.17, 15) is 8.42 Å². The van der Waals surface area contributed by atoms with Gasteiger partial charge in [-0.15, -0.1) is 0 Å². The van der Waals surface area contributed by atoms with Crippen molar-refractivity contribution in [3.63, 3.8) is 0 Å². The Balaban J connectivity index is 1.35. The van der Waals surface area contributed by atoms with E-state index < -0.39 is 10.0 Å². The van der Waals surface area contributed by atoms with Crippen LogP contribution in [0.2, 0.25) is 0 Å². The Kier molecular flexibility index (Phi) is 5.41. The number of benzene rings is 3. The quantitative estimate of drug-likeness (QED) is 0.387. The zero-order valence-electron chi connectivity index (χ0n) is 18.8. The molecule has 9 heteroatoms. The Morgan fingerprint density at radius 3 is 2.69 bits per heavy atom. The lowest BCUT2D eigenvalue weighted by Gasteiger charge is -2.38. The molecule has 2 aliphatic heterocycles. The van der Waals surface area contributed by atoms with Crippen molar-refractivity contribution in [1.29, 1.82) is 0 Å². The molecule has 2 N–H and O–H groups in total. The molecule has 0 saturated heterocycles. The second kappa shape index (κ2) is 8.49. The number of fused-ring (bicyclic) bond motifs is 4. The van der Waals surface area contributed by atoms with Crippen LogP contribution in [0, 0.1) is 5.92 Å². The molecule has 0 spiro atoms. The first kappa shape index (κ1) is 22.3. The van der Waals surface area contributed by atoms with Crippen LogP contribution < -0.4 is 24.2 Å². The van der Waals surface area contributed by atoms with Crippen LogP contribution in [0.25, 0.3) is 0 Å². The van der Waals surface area contributed by atoms with Gasteiger partial charge < -0.3 is 19.5 Å². The van der Waals surface area contributed by atoms with Crippen molar-refractivity contribution >= 4 is 37.3 Å². The van der Waals surface area contributed by atoms with Gasteiger partial charge in [0.25, 0.3) is 10.0 Å². The van der Waals surface area contributed by atoms with Crippen molar-refractivity contribution in [2.24, 2.45) is 5.92 Å². The standard InChI is InChI=1S/C26H23BrN2O5S/c1-32-23-8-3-2-7-22(23)29-35(30,31)15-9-10-21-18(11-15)16-5-4-6-17(16)26(28-21)19-12-24-25(13-20(19)27)34-14-33-24/h2-5,7-13,16-17,26,28-29H,6,14H2,1H3/t16-,17+,26-/m0/s1. The van der Waals surface area contributed by atoms with Crippen LogP contribution in [-0.2, 0) is 10.0 Å². The van der Waals surface area contributed by atoms with Crippen LogP contribution >= 0.6 is 15.9 Å². The van der Waals surface area contributed by atoms with Crippen LogP contribution in [-0.4, -0.2) is 22.3 Å². The largest absolute Gasteiger partial charge is 0.495 e. The van der Waals surface area contributed by atoms with Crippen molar-refractivity contribution in [3.8, 4) is 17.2 Å². The summed E-state index contributed by atoms with van der Waals surface area (Å²) in [5, 5.41) is 3.66. The highest BCUT2D eigenvalue weighted by molar-refractivity contribution is 9.10. The number of allylic oxidation sites excluding steroid dienone is 2. The molecule has 3 aromatic carbocycles. The Bertz CT molecular complexity index is 1460. The molecule has 0 fully saturated rings. The second-order valence-electron chi connectivity index (χ2n) is 8.76. The number of sulfonamides is 1. The molecule has 35 heavy (non-hydrogen) atoms. The van der Waals surface area contributed by atoms with Gasteiger partial charge in [-0.3, -0.25) is 4.72 Å². The maximum absolute atomic E-state index is 13.2. The lowest BCUT2D eigenvalue weighted by molar-refractivity contribution is 0.174. The number of nitrogens with one attached hydrogen (secondary N) is 2. The topological polar surface area (TPSA) is 85.9 Å². The van der Waals surface area contributed by atoms with E-state index >= 15 is 0 Å². The van der Waals surface area contributed by atoms with Gasteiger partial charge in [0.05, 0.1) is 23.7 Å². The zero-order valence-corrected chi connectivity index (χ0v) is 21.2. The maximum Gasteiger partial charge on any atom is 0.262 e. The van der Waals surface area contributed by atoms with Gasteiger partial charge in [0, 0.05) is 16.1 Å². The third-order valence-electron chi connectivity index (χ3n) is 6.82. The van der Waals surface area contributed by atoms with E-state index in [1.807, 2.05) is 18.2 Å². The first-order valence-corrected chi connectivity index (χ1v) is 13.5. The number of hydrogen-bond donors (Lipinski definition) is 2. The highest BCUT2D eigenvalue weighted by Gasteiger charge is 2.39. The summed E-state index contributed by atoms with van der Waals surface area (Å²) in [7, 11) is -2.29. The summed E-state index contributed by atoms with van der Waals surface area (Å²) in [5.74, 6) is 2.26. The monoisotopic (exact) mass is 554 g/mol. The third kappa shape index (κ3) is 3.83. The number of rotatable bonds is 5. The Labute approximate surface area is 212 Å². The lowest BCUT2D eigenvalue weighted by Crippen LogP contribution is -2.29. The van der Waals surface area contributed by atoms with E-state index in [-0.39, 0.29) is 29.6 Å². The van der Waals surface area contributed by atoms with Crippen LogP contribution in [0.4, 0.5) is 11.4 Å². The van der Waals surface area contributed by atoms with E-state index in [0.717, 1.165) is 39.2 Å². The van der Waals surface area contributed by atoms with Crippen molar-refractivity contribution in [1.82, 2.24) is 0 Å². The highest BCUT2D eigenvalue weighted by Crippen LogP contribution is 2.52. The highest BCUT2D eigenvalue weighted by atomic mass is 79.9. The van der Waals surface area contributed by atoms with E-state index in [4.69, 9.17) is 14.2 Å².